The third-order valence-electron chi connectivity index (χ3n) is 1.99. The van der Waals surface area contributed by atoms with E-state index in [0.717, 1.165) is 0 Å². The first-order valence-electron chi connectivity index (χ1n) is 5.21. The van der Waals surface area contributed by atoms with Crippen LogP contribution in [-0.2, 0) is 4.79 Å². The Morgan fingerprint density at radius 2 is 2.21 bits per heavy atom. The molecular weight excluding hydrogens is 272 g/mol. The van der Waals surface area contributed by atoms with E-state index in [-0.39, 0.29) is 16.7 Å². The van der Waals surface area contributed by atoms with Gasteiger partial charge in [-0.25, -0.2) is 4.79 Å². The molecule has 1 aromatic rings. The molecule has 102 valence electrons. The number of hydrogen-bond donors (Lipinski definition) is 3. The van der Waals surface area contributed by atoms with Crippen LogP contribution in [0.2, 0.25) is 5.02 Å². The lowest BCUT2D eigenvalue weighted by Gasteiger charge is -2.11. The molecule has 0 aliphatic heterocycles. The number of carbonyl (C=O) groups is 1. The van der Waals surface area contributed by atoms with Crippen molar-refractivity contribution in [1.82, 2.24) is 0 Å². The maximum atomic E-state index is 10.7. The molecule has 0 saturated carbocycles. The molecule has 8 heteroatoms. The fourth-order valence-corrected chi connectivity index (χ4v) is 1.33. The molecule has 0 aliphatic carbocycles. The molecule has 7 nitrogen and oxygen atoms in total. The second-order valence-corrected chi connectivity index (χ2v) is 3.96. The molecule has 0 saturated heterocycles. The fourth-order valence-electron chi connectivity index (χ4n) is 1.10. The summed E-state index contributed by atoms with van der Waals surface area (Å²) in [5.74, 6) is -0.956. The molecule has 5 N–H and O–H groups in total. The van der Waals surface area contributed by atoms with Gasteiger partial charge in [0.05, 0.1) is 11.2 Å². The first-order valence-corrected chi connectivity index (χ1v) is 5.59. The Kier molecular flexibility index (Phi) is 5.13. The number of halogens is 1. The van der Waals surface area contributed by atoms with Crippen LogP contribution in [-0.4, -0.2) is 29.4 Å². The zero-order valence-corrected chi connectivity index (χ0v) is 10.8. The maximum absolute atomic E-state index is 10.7. The van der Waals surface area contributed by atoms with Gasteiger partial charge in [0.1, 0.15) is 5.75 Å². The van der Waals surface area contributed by atoms with Gasteiger partial charge in [0, 0.05) is 0 Å². The number of carboxylic acids is 1. The summed E-state index contributed by atoms with van der Waals surface area (Å²) in [7, 11) is 0. The molecule has 0 bridgehead atoms. The van der Waals surface area contributed by atoms with Crippen molar-refractivity contribution in [3.05, 3.63) is 28.8 Å². The van der Waals surface area contributed by atoms with Gasteiger partial charge in [0.2, 0.25) is 5.96 Å². The van der Waals surface area contributed by atoms with E-state index in [1.807, 2.05) is 0 Å². The monoisotopic (exact) mass is 284 g/mol. The van der Waals surface area contributed by atoms with Gasteiger partial charge in [-0.2, -0.15) is 5.10 Å². The van der Waals surface area contributed by atoms with Gasteiger partial charge in [0.15, 0.2) is 6.10 Å². The summed E-state index contributed by atoms with van der Waals surface area (Å²) in [6, 6.07) is 4.73. The van der Waals surface area contributed by atoms with E-state index in [1.165, 1.54) is 13.1 Å². The molecule has 0 amide bonds. The highest BCUT2D eigenvalue weighted by Crippen LogP contribution is 2.25. The average molecular weight is 285 g/mol. The van der Waals surface area contributed by atoms with Gasteiger partial charge in [-0.15, -0.1) is 5.10 Å². The molecule has 0 aliphatic rings. The van der Waals surface area contributed by atoms with Crippen LogP contribution in [0, 0.1) is 0 Å². The van der Waals surface area contributed by atoms with E-state index < -0.39 is 12.1 Å². The van der Waals surface area contributed by atoms with Crippen LogP contribution in [0.15, 0.2) is 28.4 Å². The van der Waals surface area contributed by atoms with E-state index in [0.29, 0.717) is 5.56 Å². The standard InChI is InChI=1S/C11H13ClN4O3/c1-6(10(17)18)19-9-3-2-7(4-8(9)12)5-15-16-11(13)14/h2-6H,1H3,(H,17,18)(H4,13,14,16). The first kappa shape index (κ1) is 14.8. The summed E-state index contributed by atoms with van der Waals surface area (Å²) in [5, 5.41) is 16.0. The number of hydrogen-bond acceptors (Lipinski definition) is 4. The molecule has 1 rings (SSSR count). The molecule has 19 heavy (non-hydrogen) atoms. The van der Waals surface area contributed by atoms with E-state index in [4.69, 9.17) is 32.9 Å². The molecule has 0 radical (unpaired) electrons. The second kappa shape index (κ2) is 6.60. The summed E-state index contributed by atoms with van der Waals surface area (Å²) in [5.41, 5.74) is 10.9. The van der Waals surface area contributed by atoms with Crippen molar-refractivity contribution in [3.63, 3.8) is 0 Å². The fraction of sp³-hybridized carbons (Fsp3) is 0.182. The lowest BCUT2D eigenvalue weighted by atomic mass is 10.2. The van der Waals surface area contributed by atoms with Crippen molar-refractivity contribution in [2.45, 2.75) is 13.0 Å². The smallest absolute Gasteiger partial charge is 0.344 e. The summed E-state index contributed by atoms with van der Waals surface area (Å²) in [4.78, 5) is 10.7. The summed E-state index contributed by atoms with van der Waals surface area (Å²) in [6.45, 7) is 1.41. The van der Waals surface area contributed by atoms with Crippen LogP contribution in [0.25, 0.3) is 0 Å². The number of ether oxygens (including phenoxy) is 1. The highest BCUT2D eigenvalue weighted by Gasteiger charge is 2.14. The Labute approximate surface area is 114 Å². The van der Waals surface area contributed by atoms with Gasteiger partial charge in [0.25, 0.3) is 0 Å². The molecule has 1 atom stereocenters. The average Bonchev–Trinajstić information content (AvgIpc) is 2.31. The largest absolute Gasteiger partial charge is 0.479 e. The molecule has 0 aromatic heterocycles. The third kappa shape index (κ3) is 4.84. The number of guanidine groups is 1. The Bertz CT molecular complexity index is 527. The van der Waals surface area contributed by atoms with E-state index in [9.17, 15) is 4.79 Å². The van der Waals surface area contributed by atoms with Crippen molar-refractivity contribution in [1.29, 1.82) is 0 Å². The van der Waals surface area contributed by atoms with Crippen molar-refractivity contribution in [2.75, 3.05) is 0 Å². The number of nitrogens with two attached hydrogens (primary N) is 2. The Morgan fingerprint density at radius 1 is 1.53 bits per heavy atom. The summed E-state index contributed by atoms with van der Waals surface area (Å²) >= 11 is 5.95. The van der Waals surface area contributed by atoms with E-state index >= 15 is 0 Å². The van der Waals surface area contributed by atoms with Crippen LogP contribution in [0.4, 0.5) is 0 Å². The molecule has 0 spiro atoms. The molecule has 1 unspecified atom stereocenters. The van der Waals surface area contributed by atoms with Crippen molar-refractivity contribution < 1.29 is 14.6 Å². The van der Waals surface area contributed by atoms with Crippen molar-refractivity contribution in [2.24, 2.45) is 21.7 Å². The van der Waals surface area contributed by atoms with Crippen molar-refractivity contribution in [3.8, 4) is 5.75 Å². The minimum Gasteiger partial charge on any atom is -0.479 e. The quantitative estimate of drug-likeness (QED) is 0.419. The Morgan fingerprint density at radius 3 is 2.74 bits per heavy atom. The normalized spacial score (nSPS) is 12.1. The second-order valence-electron chi connectivity index (χ2n) is 3.56. The Balaban J connectivity index is 2.83. The highest BCUT2D eigenvalue weighted by molar-refractivity contribution is 6.32. The van der Waals surface area contributed by atoms with E-state index in [2.05, 4.69) is 10.2 Å². The number of carboxylic acid groups (broad SMARTS) is 1. The third-order valence-corrected chi connectivity index (χ3v) is 2.28. The van der Waals surface area contributed by atoms with Crippen LogP contribution in [0.1, 0.15) is 12.5 Å². The Hall–Kier alpha value is -2.28. The first-order chi connectivity index (χ1) is 8.90. The number of nitrogens with zero attached hydrogens (tertiary/aromatic N) is 2. The minimum atomic E-state index is -1.07. The van der Waals surface area contributed by atoms with Gasteiger partial charge in [-0.1, -0.05) is 11.6 Å². The van der Waals surface area contributed by atoms with Gasteiger partial charge < -0.3 is 21.3 Å². The lowest BCUT2D eigenvalue weighted by molar-refractivity contribution is -0.144. The predicted molar refractivity (Wildman–Crippen MR) is 72.6 cm³/mol. The van der Waals surface area contributed by atoms with Gasteiger partial charge in [-0.3, -0.25) is 0 Å². The van der Waals surface area contributed by atoms with E-state index in [1.54, 1.807) is 18.2 Å². The van der Waals surface area contributed by atoms with Crippen LogP contribution < -0.4 is 16.2 Å². The van der Waals surface area contributed by atoms with Crippen LogP contribution >= 0.6 is 11.6 Å². The van der Waals surface area contributed by atoms with Crippen LogP contribution in [0.5, 0.6) is 5.75 Å². The van der Waals surface area contributed by atoms with Crippen LogP contribution in [0.3, 0.4) is 0 Å². The molecule has 1 aromatic carbocycles. The zero-order valence-electron chi connectivity index (χ0n) is 10.1. The van der Waals surface area contributed by atoms with Crippen molar-refractivity contribution >= 4 is 29.7 Å². The molecule has 0 heterocycles. The summed E-state index contributed by atoms with van der Waals surface area (Å²) in [6.07, 6.45) is 0.411. The highest BCUT2D eigenvalue weighted by atomic mass is 35.5. The number of benzene rings is 1. The number of rotatable bonds is 5. The topological polar surface area (TPSA) is 123 Å². The minimum absolute atomic E-state index is 0.155. The zero-order chi connectivity index (χ0) is 14.4. The lowest BCUT2D eigenvalue weighted by Crippen LogP contribution is -2.23. The molecule has 0 fully saturated rings. The molecular formula is C11H13ClN4O3. The summed E-state index contributed by atoms with van der Waals surface area (Å²) < 4.78 is 5.16. The SMILES string of the molecule is CC(Oc1ccc(C=NN=C(N)N)cc1Cl)C(=O)O. The maximum Gasteiger partial charge on any atom is 0.344 e. The predicted octanol–water partition coefficient (Wildman–Crippen LogP) is 0.799. The van der Waals surface area contributed by atoms with Gasteiger partial charge in [-0.05, 0) is 30.7 Å². The number of aliphatic carboxylic acids is 1. The van der Waals surface area contributed by atoms with Gasteiger partial charge >= 0.3 is 5.97 Å².